The molecule has 6 nitrogen and oxygen atoms in total. The second kappa shape index (κ2) is 7.46. The van der Waals surface area contributed by atoms with Crippen molar-refractivity contribution in [1.82, 2.24) is 0 Å². The van der Waals surface area contributed by atoms with Gasteiger partial charge in [0.1, 0.15) is 25.2 Å². The lowest BCUT2D eigenvalue weighted by Gasteiger charge is -2.25. The van der Waals surface area contributed by atoms with E-state index < -0.39 is 0 Å². The van der Waals surface area contributed by atoms with Crippen molar-refractivity contribution < 1.29 is 18.7 Å². The molecular formula is C20H20N2O4S. The molecule has 1 aromatic carbocycles. The highest BCUT2D eigenvalue weighted by molar-refractivity contribution is 7.11. The van der Waals surface area contributed by atoms with Crippen molar-refractivity contribution in [1.29, 1.82) is 0 Å². The van der Waals surface area contributed by atoms with Gasteiger partial charge in [0.05, 0.1) is 18.7 Å². The molecule has 0 bridgehead atoms. The van der Waals surface area contributed by atoms with E-state index in [-0.39, 0.29) is 12.5 Å². The minimum atomic E-state index is -0.152. The molecule has 3 aromatic rings. The molecule has 0 unspecified atom stereocenters. The number of carbonyl (C=O) groups excluding carboxylic acids is 1. The molecule has 4 rings (SSSR count). The minimum absolute atomic E-state index is 0.152. The molecule has 1 amide bonds. The second-order valence-electron chi connectivity index (χ2n) is 6.24. The molecule has 0 radical (unpaired) electrons. The zero-order valence-electron chi connectivity index (χ0n) is 14.9. The highest BCUT2D eigenvalue weighted by Gasteiger charge is 2.23. The molecule has 0 saturated heterocycles. The third-order valence-corrected chi connectivity index (χ3v) is 5.28. The number of aryl methyl sites for hydroxylation is 1. The topological polar surface area (TPSA) is 77.9 Å². The number of furan rings is 1. The fourth-order valence-electron chi connectivity index (χ4n) is 2.96. The lowest BCUT2D eigenvalue weighted by molar-refractivity contribution is 0.0984. The molecule has 3 heterocycles. The number of hydrogen-bond donors (Lipinski definition) is 1. The van der Waals surface area contributed by atoms with E-state index in [0.29, 0.717) is 42.6 Å². The van der Waals surface area contributed by atoms with Crippen LogP contribution in [0.1, 0.15) is 25.9 Å². The highest BCUT2D eigenvalue weighted by atomic mass is 32.1. The van der Waals surface area contributed by atoms with Crippen LogP contribution in [-0.4, -0.2) is 19.1 Å². The monoisotopic (exact) mass is 384 g/mol. The van der Waals surface area contributed by atoms with Crippen LogP contribution in [0.2, 0.25) is 0 Å². The van der Waals surface area contributed by atoms with Gasteiger partial charge in [-0.2, -0.15) is 0 Å². The Morgan fingerprint density at radius 2 is 1.96 bits per heavy atom. The highest BCUT2D eigenvalue weighted by Crippen LogP contribution is 2.35. The number of fused-ring (bicyclic) bond motifs is 1. The first-order chi connectivity index (χ1) is 13.1. The lowest BCUT2D eigenvalue weighted by Crippen LogP contribution is -2.30. The first-order valence-corrected chi connectivity index (χ1v) is 9.50. The summed E-state index contributed by atoms with van der Waals surface area (Å²) in [5, 5.41) is 0. The SMILES string of the molecule is Cc1ccc(CN(C(=O)c2coc(CN)c2)c2ccc3c(c2)OCCO3)s1. The molecule has 0 atom stereocenters. The van der Waals surface area contributed by atoms with Gasteiger partial charge in [-0.05, 0) is 37.3 Å². The molecule has 2 N–H and O–H groups in total. The maximum absolute atomic E-state index is 13.2. The van der Waals surface area contributed by atoms with Crippen molar-refractivity contribution >= 4 is 22.9 Å². The van der Waals surface area contributed by atoms with E-state index >= 15 is 0 Å². The summed E-state index contributed by atoms with van der Waals surface area (Å²) in [6.07, 6.45) is 1.45. The largest absolute Gasteiger partial charge is 0.486 e. The van der Waals surface area contributed by atoms with Gasteiger partial charge in [-0.25, -0.2) is 0 Å². The number of hydrogen-bond acceptors (Lipinski definition) is 6. The van der Waals surface area contributed by atoms with Crippen LogP contribution >= 0.6 is 11.3 Å². The minimum Gasteiger partial charge on any atom is -0.486 e. The van der Waals surface area contributed by atoms with Gasteiger partial charge in [-0.15, -0.1) is 11.3 Å². The Bertz CT molecular complexity index is 963. The number of benzene rings is 1. The number of anilines is 1. The Labute approximate surface area is 161 Å². The lowest BCUT2D eigenvalue weighted by atomic mass is 10.2. The average molecular weight is 384 g/mol. The van der Waals surface area contributed by atoms with Crippen molar-refractivity contribution in [3.63, 3.8) is 0 Å². The van der Waals surface area contributed by atoms with Crippen LogP contribution in [0.15, 0.2) is 47.1 Å². The van der Waals surface area contributed by atoms with Gasteiger partial charge in [0.25, 0.3) is 5.91 Å². The first kappa shape index (κ1) is 17.6. The predicted molar refractivity (Wildman–Crippen MR) is 104 cm³/mol. The summed E-state index contributed by atoms with van der Waals surface area (Å²) < 4.78 is 16.6. The third-order valence-electron chi connectivity index (χ3n) is 4.29. The molecular weight excluding hydrogens is 364 g/mol. The summed E-state index contributed by atoms with van der Waals surface area (Å²) in [6.45, 7) is 3.78. The Morgan fingerprint density at radius 1 is 1.15 bits per heavy atom. The van der Waals surface area contributed by atoms with Crippen LogP contribution in [0.25, 0.3) is 0 Å². The maximum Gasteiger partial charge on any atom is 0.261 e. The van der Waals surface area contributed by atoms with Gasteiger partial charge >= 0.3 is 0 Å². The summed E-state index contributed by atoms with van der Waals surface area (Å²) in [5.74, 6) is 1.76. The molecule has 1 aliphatic rings. The zero-order valence-corrected chi connectivity index (χ0v) is 15.8. The summed E-state index contributed by atoms with van der Waals surface area (Å²) >= 11 is 1.67. The van der Waals surface area contributed by atoms with Gasteiger partial charge in [-0.1, -0.05) is 0 Å². The van der Waals surface area contributed by atoms with Crippen LogP contribution < -0.4 is 20.1 Å². The molecule has 27 heavy (non-hydrogen) atoms. The molecule has 7 heteroatoms. The number of rotatable bonds is 5. The fraction of sp³-hybridized carbons (Fsp3) is 0.250. The fourth-order valence-corrected chi connectivity index (χ4v) is 3.84. The van der Waals surface area contributed by atoms with E-state index in [0.717, 1.165) is 10.6 Å². The molecule has 1 aliphatic heterocycles. The normalized spacial score (nSPS) is 12.8. The van der Waals surface area contributed by atoms with Crippen molar-refractivity contribution in [3.8, 4) is 11.5 Å². The predicted octanol–water partition coefficient (Wildman–Crippen LogP) is 3.73. The molecule has 140 valence electrons. The van der Waals surface area contributed by atoms with Crippen molar-refractivity contribution in [2.75, 3.05) is 18.1 Å². The van der Waals surface area contributed by atoms with Gasteiger partial charge < -0.3 is 24.5 Å². The standard InChI is InChI=1S/C20H20N2O4S/c1-13-2-4-17(27-13)11-22(20(23)14-8-16(10-21)26-12-14)15-3-5-18-19(9-15)25-7-6-24-18/h2-5,8-9,12H,6-7,10-11,21H2,1H3. The molecule has 2 aromatic heterocycles. The zero-order chi connectivity index (χ0) is 18.8. The van der Waals surface area contributed by atoms with Crippen LogP contribution in [0.3, 0.4) is 0 Å². The van der Waals surface area contributed by atoms with Gasteiger partial charge in [0.2, 0.25) is 0 Å². The smallest absolute Gasteiger partial charge is 0.261 e. The van der Waals surface area contributed by atoms with Gasteiger partial charge in [0.15, 0.2) is 11.5 Å². The Balaban J connectivity index is 1.69. The molecule has 0 spiro atoms. The van der Waals surface area contributed by atoms with E-state index in [2.05, 4.69) is 6.07 Å². The second-order valence-corrected chi connectivity index (χ2v) is 7.61. The Kier molecular flexibility index (Phi) is 4.87. The number of thiophene rings is 1. The number of carbonyl (C=O) groups is 1. The van der Waals surface area contributed by atoms with E-state index in [4.69, 9.17) is 19.6 Å². The van der Waals surface area contributed by atoms with E-state index in [1.54, 1.807) is 22.3 Å². The Morgan fingerprint density at radius 3 is 2.67 bits per heavy atom. The van der Waals surface area contributed by atoms with Gasteiger partial charge in [-0.3, -0.25) is 4.79 Å². The van der Waals surface area contributed by atoms with E-state index in [1.165, 1.54) is 11.1 Å². The van der Waals surface area contributed by atoms with Crippen molar-refractivity contribution in [2.45, 2.75) is 20.0 Å². The van der Waals surface area contributed by atoms with Crippen molar-refractivity contribution in [3.05, 3.63) is 63.7 Å². The molecule has 0 saturated carbocycles. The maximum atomic E-state index is 13.2. The molecule has 0 aliphatic carbocycles. The summed E-state index contributed by atoms with van der Waals surface area (Å²) in [5.41, 5.74) is 6.82. The van der Waals surface area contributed by atoms with Crippen LogP contribution in [-0.2, 0) is 13.1 Å². The average Bonchev–Trinajstić information content (AvgIpc) is 3.34. The quantitative estimate of drug-likeness (QED) is 0.725. The van der Waals surface area contributed by atoms with Crippen LogP contribution in [0.5, 0.6) is 11.5 Å². The summed E-state index contributed by atoms with van der Waals surface area (Å²) in [4.78, 5) is 17.2. The summed E-state index contributed by atoms with van der Waals surface area (Å²) in [7, 11) is 0. The summed E-state index contributed by atoms with van der Waals surface area (Å²) in [6, 6.07) is 11.3. The van der Waals surface area contributed by atoms with E-state index in [9.17, 15) is 4.79 Å². The number of nitrogens with two attached hydrogens (primary N) is 1. The van der Waals surface area contributed by atoms with Crippen LogP contribution in [0, 0.1) is 6.92 Å². The molecule has 0 fully saturated rings. The number of ether oxygens (including phenoxy) is 2. The third kappa shape index (κ3) is 3.70. The van der Waals surface area contributed by atoms with Crippen LogP contribution in [0.4, 0.5) is 5.69 Å². The Hall–Kier alpha value is -2.77. The number of amides is 1. The van der Waals surface area contributed by atoms with E-state index in [1.807, 2.05) is 31.2 Å². The van der Waals surface area contributed by atoms with Gasteiger partial charge in [0, 0.05) is 21.5 Å². The number of nitrogens with zero attached hydrogens (tertiary/aromatic N) is 1. The van der Waals surface area contributed by atoms with Crippen molar-refractivity contribution in [2.24, 2.45) is 5.73 Å². The first-order valence-electron chi connectivity index (χ1n) is 8.68.